The van der Waals surface area contributed by atoms with Crippen LogP contribution in [0.1, 0.15) is 109 Å². The van der Waals surface area contributed by atoms with Gasteiger partial charge in [0.15, 0.2) is 0 Å². The summed E-state index contributed by atoms with van der Waals surface area (Å²) >= 11 is 1.28. The molecule has 41 heavy (non-hydrogen) atoms. The van der Waals surface area contributed by atoms with Crippen LogP contribution in [0.4, 0.5) is 0 Å². The lowest BCUT2D eigenvalue weighted by Crippen LogP contribution is -2.44. The van der Waals surface area contributed by atoms with E-state index in [0.29, 0.717) is 12.8 Å². The van der Waals surface area contributed by atoms with Gasteiger partial charge in [-0.25, -0.2) is 4.79 Å². The topological polar surface area (TPSA) is 124 Å². The van der Waals surface area contributed by atoms with Crippen molar-refractivity contribution in [3.8, 4) is 0 Å². The molecule has 1 aromatic carbocycles. The maximum Gasteiger partial charge on any atom is 0.326 e. The van der Waals surface area contributed by atoms with E-state index in [1.165, 1.54) is 76.0 Å². The van der Waals surface area contributed by atoms with Gasteiger partial charge in [-0.2, -0.15) is 0 Å². The number of carboxylic acid groups (broad SMARTS) is 2. The second kappa shape index (κ2) is 20.5. The molecular weight excluding hydrogens is 538 g/mol. The summed E-state index contributed by atoms with van der Waals surface area (Å²) in [4.78, 5) is 35.9. The van der Waals surface area contributed by atoms with Gasteiger partial charge in [-0.05, 0) is 37.2 Å². The highest BCUT2D eigenvalue weighted by Gasteiger charge is 2.36. The molecule has 0 heterocycles. The average molecular weight is 590 g/mol. The first-order valence-electron chi connectivity index (χ1n) is 15.6. The van der Waals surface area contributed by atoms with E-state index < -0.39 is 30.0 Å². The van der Waals surface area contributed by atoms with Crippen LogP contribution < -0.4 is 5.32 Å². The minimum Gasteiger partial charge on any atom is -0.481 e. The lowest BCUT2D eigenvalue weighted by Gasteiger charge is -2.36. The maximum absolute atomic E-state index is 12.7. The minimum absolute atomic E-state index is 0.00410. The predicted molar refractivity (Wildman–Crippen MR) is 166 cm³/mol. The van der Waals surface area contributed by atoms with Crippen molar-refractivity contribution in [2.24, 2.45) is 5.92 Å². The number of carboxylic acids is 2. The Morgan fingerprint density at radius 3 is 2.15 bits per heavy atom. The zero-order valence-corrected chi connectivity index (χ0v) is 25.6. The van der Waals surface area contributed by atoms with E-state index in [-0.39, 0.29) is 29.8 Å². The van der Waals surface area contributed by atoms with Crippen LogP contribution in [0.25, 0.3) is 0 Å². The Morgan fingerprint density at radius 2 is 1.56 bits per heavy atom. The molecule has 0 spiro atoms. The molecule has 1 amide bonds. The first kappa shape index (κ1) is 34.9. The van der Waals surface area contributed by atoms with Crippen molar-refractivity contribution in [3.63, 3.8) is 0 Å². The molecule has 230 valence electrons. The Morgan fingerprint density at radius 1 is 0.951 bits per heavy atom. The molecule has 1 aliphatic rings. The molecule has 2 rings (SSSR count). The molecule has 1 aromatic rings. The van der Waals surface area contributed by atoms with E-state index in [2.05, 4.69) is 18.3 Å². The van der Waals surface area contributed by atoms with Crippen molar-refractivity contribution in [1.82, 2.24) is 5.32 Å². The summed E-state index contributed by atoms with van der Waals surface area (Å²) in [5.41, 5.74) is 1.89. The van der Waals surface area contributed by atoms with Gasteiger partial charge < -0.3 is 20.6 Å². The highest BCUT2D eigenvalue weighted by atomic mass is 32.2. The van der Waals surface area contributed by atoms with Crippen molar-refractivity contribution in [3.05, 3.63) is 47.5 Å². The molecule has 0 radical (unpaired) electrons. The van der Waals surface area contributed by atoms with Crippen LogP contribution >= 0.6 is 11.8 Å². The van der Waals surface area contributed by atoms with Crippen molar-refractivity contribution < 1.29 is 29.7 Å². The number of hydrogen-bond acceptors (Lipinski definition) is 5. The lowest BCUT2D eigenvalue weighted by atomic mass is 9.80. The Balaban J connectivity index is 1.84. The summed E-state index contributed by atoms with van der Waals surface area (Å²) in [5.74, 6) is -2.81. The van der Waals surface area contributed by atoms with Gasteiger partial charge in [-0.15, -0.1) is 11.8 Å². The van der Waals surface area contributed by atoms with E-state index in [4.69, 9.17) is 0 Å². The van der Waals surface area contributed by atoms with Crippen LogP contribution in [0.15, 0.2) is 42.0 Å². The molecule has 4 N–H and O–H groups in total. The second-order valence-electron chi connectivity index (χ2n) is 11.4. The molecule has 1 fully saturated rings. The number of nitrogens with one attached hydrogen (secondary N) is 1. The molecule has 1 unspecified atom stereocenters. The molecule has 0 aliphatic heterocycles. The van der Waals surface area contributed by atoms with Crippen molar-refractivity contribution >= 4 is 29.6 Å². The van der Waals surface area contributed by atoms with Gasteiger partial charge in [-0.1, -0.05) is 113 Å². The third-order valence-corrected chi connectivity index (χ3v) is 9.29. The number of aliphatic hydroxyl groups excluding tert-OH is 1. The highest BCUT2D eigenvalue weighted by Crippen LogP contribution is 2.38. The predicted octanol–water partition coefficient (Wildman–Crippen LogP) is 6.77. The van der Waals surface area contributed by atoms with Crippen molar-refractivity contribution in [2.75, 3.05) is 5.75 Å². The number of carbonyl (C=O) groups is 3. The number of unbranched alkanes of at least 4 members (excludes halogenated alkanes) is 11. The van der Waals surface area contributed by atoms with Gasteiger partial charge in [0.05, 0.1) is 23.5 Å². The smallest absolute Gasteiger partial charge is 0.326 e. The standard InChI is InChI=1S/C33H51NO6S/c1-2-3-4-5-6-7-8-9-10-11-12-16-19-26-20-21-27(23-30(36)37)31(38)32(26)41-24-29(35)34-28(33(39)40)22-25-17-14-13-15-18-25/h13-15,17-19,27-28,31-32,38H,2-12,16,20-24H2,1H3,(H,34,35)(H,36,37)(H,39,40)/b26-19+/t27-,28?,31-,32-/m1/s1. The molecule has 0 saturated heterocycles. The fourth-order valence-electron chi connectivity index (χ4n) is 5.55. The molecule has 1 aliphatic carbocycles. The number of aliphatic hydroxyl groups is 1. The van der Waals surface area contributed by atoms with Crippen molar-refractivity contribution in [2.45, 2.75) is 127 Å². The van der Waals surface area contributed by atoms with Gasteiger partial charge >= 0.3 is 11.9 Å². The van der Waals surface area contributed by atoms with Gasteiger partial charge in [0, 0.05) is 6.42 Å². The number of amides is 1. The number of benzene rings is 1. The van der Waals surface area contributed by atoms with E-state index in [9.17, 15) is 29.7 Å². The lowest BCUT2D eigenvalue weighted by molar-refractivity contribution is -0.141. The molecule has 1 saturated carbocycles. The summed E-state index contributed by atoms with van der Waals surface area (Å²) in [6.45, 7) is 2.24. The van der Waals surface area contributed by atoms with Crippen LogP contribution in [0, 0.1) is 5.92 Å². The number of aliphatic carboxylic acids is 2. The average Bonchev–Trinajstić information content (AvgIpc) is 2.94. The monoisotopic (exact) mass is 589 g/mol. The zero-order valence-electron chi connectivity index (χ0n) is 24.8. The second-order valence-corrected chi connectivity index (χ2v) is 12.5. The highest BCUT2D eigenvalue weighted by molar-refractivity contribution is 8.00. The molecular formula is C33H51NO6S. The van der Waals surface area contributed by atoms with Gasteiger partial charge in [0.1, 0.15) is 6.04 Å². The number of allylic oxidation sites excluding steroid dienone is 1. The Bertz CT molecular complexity index is 937. The number of hydrogen-bond donors (Lipinski definition) is 4. The molecule has 0 bridgehead atoms. The summed E-state index contributed by atoms with van der Waals surface area (Å²) in [7, 11) is 0. The minimum atomic E-state index is -1.10. The third-order valence-electron chi connectivity index (χ3n) is 7.92. The summed E-state index contributed by atoms with van der Waals surface area (Å²) in [6.07, 6.45) is 17.7. The number of rotatable bonds is 21. The van der Waals surface area contributed by atoms with Crippen LogP contribution in [0.5, 0.6) is 0 Å². The Labute approximate surface area is 250 Å². The fraction of sp³-hybridized carbons (Fsp3) is 0.667. The SMILES string of the molecule is CCCCCCCCCCCCC/C=C1\CC[C@H](CC(=O)O)[C@@H](O)[C@@H]1SCC(=O)NC(Cc1ccccc1)C(=O)O. The van der Waals surface area contributed by atoms with E-state index in [0.717, 1.165) is 24.0 Å². The Hall–Kier alpha value is -2.32. The van der Waals surface area contributed by atoms with Crippen molar-refractivity contribution in [1.29, 1.82) is 0 Å². The van der Waals surface area contributed by atoms with Crippen LogP contribution in [0.2, 0.25) is 0 Å². The first-order valence-corrected chi connectivity index (χ1v) is 16.6. The fourth-order valence-corrected chi connectivity index (χ4v) is 6.81. The zero-order chi connectivity index (χ0) is 29.9. The summed E-state index contributed by atoms with van der Waals surface area (Å²) < 4.78 is 0. The van der Waals surface area contributed by atoms with E-state index in [1.807, 2.05) is 30.3 Å². The van der Waals surface area contributed by atoms with Crippen LogP contribution in [-0.2, 0) is 20.8 Å². The normalized spacial score (nSPS) is 20.5. The quantitative estimate of drug-likeness (QED) is 0.0921. The van der Waals surface area contributed by atoms with E-state index in [1.54, 1.807) is 0 Å². The largest absolute Gasteiger partial charge is 0.481 e. The third kappa shape index (κ3) is 14.4. The van der Waals surface area contributed by atoms with Gasteiger partial charge in [0.25, 0.3) is 0 Å². The molecule has 7 nitrogen and oxygen atoms in total. The van der Waals surface area contributed by atoms with Crippen LogP contribution in [0.3, 0.4) is 0 Å². The van der Waals surface area contributed by atoms with E-state index >= 15 is 0 Å². The van der Waals surface area contributed by atoms with Gasteiger partial charge in [0.2, 0.25) is 5.91 Å². The molecule has 4 atom stereocenters. The molecule has 0 aromatic heterocycles. The summed E-state index contributed by atoms with van der Waals surface area (Å²) in [6, 6.07) is 8.11. The molecule has 8 heteroatoms. The first-order chi connectivity index (χ1) is 19.8. The van der Waals surface area contributed by atoms with Crippen LogP contribution in [-0.4, -0.2) is 56.3 Å². The Kier molecular flexibility index (Phi) is 17.5. The maximum atomic E-state index is 12.7. The number of thioether (sulfide) groups is 1. The summed E-state index contributed by atoms with van der Waals surface area (Å²) in [5, 5.41) is 32.2. The number of carbonyl (C=O) groups excluding carboxylic acids is 1. The van der Waals surface area contributed by atoms with Gasteiger partial charge in [-0.3, -0.25) is 9.59 Å².